The van der Waals surface area contributed by atoms with Gasteiger partial charge in [-0.25, -0.2) is 14.2 Å². The van der Waals surface area contributed by atoms with E-state index in [0.717, 1.165) is 16.0 Å². The average molecular weight is 598 g/mol. The molecule has 1 fully saturated rings. The normalized spacial score (nSPS) is 17.5. The van der Waals surface area contributed by atoms with Crippen molar-refractivity contribution in [3.63, 3.8) is 0 Å². The molecule has 3 amide bonds. The fraction of sp³-hybridized carbons (Fsp3) is 0.379. The molecule has 0 spiro atoms. The molecule has 2 aromatic rings. The van der Waals surface area contributed by atoms with Crippen molar-refractivity contribution in [1.29, 1.82) is 0 Å². The third kappa shape index (κ3) is 7.46. The lowest BCUT2D eigenvalue weighted by atomic mass is 10.0. The molecule has 13 heteroatoms. The summed E-state index contributed by atoms with van der Waals surface area (Å²) < 4.78 is 17.3. The number of carbonyl (C=O) groups excluding carboxylic acids is 5. The molecule has 1 aromatic carbocycles. The van der Waals surface area contributed by atoms with Gasteiger partial charge in [0.15, 0.2) is 25.7 Å². The molecule has 0 bridgehead atoms. The molecule has 4 rings (SSSR count). The van der Waals surface area contributed by atoms with Crippen LogP contribution in [0.5, 0.6) is 0 Å². The lowest BCUT2D eigenvalue weighted by Gasteiger charge is -2.49. The highest BCUT2D eigenvalue weighted by Gasteiger charge is 2.54. The fourth-order valence-corrected chi connectivity index (χ4v) is 5.73. The first-order valence-corrected chi connectivity index (χ1v) is 14.4. The Bertz CT molecular complexity index is 1370. The highest BCUT2D eigenvalue weighted by molar-refractivity contribution is 8.00. The molecule has 0 aliphatic carbocycles. The number of pyridine rings is 1. The number of benzene rings is 1. The molecule has 0 saturated carbocycles. The number of nitrogens with one attached hydrogen (secondary N) is 1. The highest BCUT2D eigenvalue weighted by atomic mass is 32.2. The molecule has 222 valence electrons. The van der Waals surface area contributed by atoms with Gasteiger partial charge in [-0.3, -0.25) is 24.2 Å². The van der Waals surface area contributed by atoms with Crippen LogP contribution < -0.4 is 9.88 Å². The predicted octanol–water partition coefficient (Wildman–Crippen LogP) is 1.37. The Balaban J connectivity index is 1.38. The summed E-state index contributed by atoms with van der Waals surface area (Å²) in [4.78, 5) is 64.7. The van der Waals surface area contributed by atoms with Gasteiger partial charge in [-0.15, -0.1) is 11.8 Å². The van der Waals surface area contributed by atoms with Gasteiger partial charge in [-0.05, 0) is 12.5 Å². The van der Waals surface area contributed by atoms with Crippen LogP contribution in [0.3, 0.4) is 0 Å². The first-order valence-electron chi connectivity index (χ1n) is 13.3. The minimum atomic E-state index is -0.856. The highest BCUT2D eigenvalue weighted by Crippen LogP contribution is 2.40. The maximum Gasteiger partial charge on any atom is 0.412 e. The molecular formula is C29H33N4O8S+. The van der Waals surface area contributed by atoms with Crippen molar-refractivity contribution in [2.24, 2.45) is 0 Å². The number of aromatic nitrogens is 1. The molecule has 2 atom stereocenters. The molecule has 3 heterocycles. The number of nitrogens with zero attached hydrogens (tertiary/aromatic N) is 3. The van der Waals surface area contributed by atoms with Crippen molar-refractivity contribution < 1.29 is 42.8 Å². The quantitative estimate of drug-likeness (QED) is 0.134. The Hall–Kier alpha value is -4.39. The molecule has 2 aliphatic rings. The number of carbonyl (C=O) groups is 5. The summed E-state index contributed by atoms with van der Waals surface area (Å²) in [7, 11) is 1.40. The Labute approximate surface area is 247 Å². The molecule has 1 saturated heterocycles. The van der Waals surface area contributed by atoms with E-state index < -0.39 is 42.1 Å². The van der Waals surface area contributed by atoms with Crippen LogP contribution in [0.4, 0.5) is 4.79 Å². The van der Waals surface area contributed by atoms with Gasteiger partial charge in [0.25, 0.3) is 5.91 Å². The third-order valence-electron chi connectivity index (χ3n) is 6.51. The van der Waals surface area contributed by atoms with Crippen LogP contribution in [0.2, 0.25) is 0 Å². The van der Waals surface area contributed by atoms with E-state index in [9.17, 15) is 24.0 Å². The van der Waals surface area contributed by atoms with Gasteiger partial charge in [0.05, 0.1) is 13.0 Å². The smallest absolute Gasteiger partial charge is 0.412 e. The van der Waals surface area contributed by atoms with Gasteiger partial charge in [-0.1, -0.05) is 30.3 Å². The Morgan fingerprint density at radius 2 is 1.74 bits per heavy atom. The summed E-state index contributed by atoms with van der Waals surface area (Å²) in [5.74, 6) is -1.94. The molecule has 2 unspecified atom stereocenters. The van der Waals surface area contributed by atoms with Crippen LogP contribution in [-0.4, -0.2) is 83.8 Å². The van der Waals surface area contributed by atoms with E-state index >= 15 is 0 Å². The Kier molecular flexibility index (Phi) is 10.2. The molecule has 12 nitrogen and oxygen atoms in total. The summed E-state index contributed by atoms with van der Waals surface area (Å²) in [6.45, 7) is 3.13. The predicted molar refractivity (Wildman–Crippen MR) is 150 cm³/mol. The zero-order chi connectivity index (χ0) is 30.2. The number of thioether (sulfide) groups is 1. The lowest BCUT2D eigenvalue weighted by molar-refractivity contribution is -0.688. The van der Waals surface area contributed by atoms with E-state index in [0.29, 0.717) is 12.1 Å². The zero-order valence-corrected chi connectivity index (χ0v) is 24.4. The second kappa shape index (κ2) is 14.0. The second-order valence-corrected chi connectivity index (χ2v) is 10.8. The first-order chi connectivity index (χ1) is 20.2. The summed E-state index contributed by atoms with van der Waals surface area (Å²) in [5.41, 5.74) is 2.22. The molecule has 2 aliphatic heterocycles. The maximum atomic E-state index is 13.2. The number of fused-ring (bicyclic) bond motifs is 1. The van der Waals surface area contributed by atoms with E-state index in [2.05, 4.69) is 5.32 Å². The largest absolute Gasteiger partial charge is 0.461 e. The molecule has 0 radical (unpaired) electrons. The van der Waals surface area contributed by atoms with E-state index in [1.54, 1.807) is 6.92 Å². The fourth-order valence-electron chi connectivity index (χ4n) is 4.40. The summed E-state index contributed by atoms with van der Waals surface area (Å²) in [6, 6.07) is 12.7. The van der Waals surface area contributed by atoms with Crippen LogP contribution in [0.15, 0.2) is 66.1 Å². The number of hydrogen-bond acceptors (Lipinski definition) is 9. The SMILES string of the molecule is CCOC(=O)N(C)COC(=O)C1=C(COC(C)=O)CSC2C(NC(=O)Cc3ccc(C[n+]4ccccc4)cc3)C(=O)N12. The monoisotopic (exact) mass is 597 g/mol. The van der Waals surface area contributed by atoms with Crippen LogP contribution >= 0.6 is 11.8 Å². The van der Waals surface area contributed by atoms with Crippen molar-refractivity contribution in [2.75, 3.05) is 32.7 Å². The van der Waals surface area contributed by atoms with Gasteiger partial charge in [0.2, 0.25) is 5.91 Å². The topological polar surface area (TPSA) is 135 Å². The minimum Gasteiger partial charge on any atom is -0.461 e. The maximum absolute atomic E-state index is 13.2. The number of esters is 2. The number of ether oxygens (including phenoxy) is 3. The van der Waals surface area contributed by atoms with E-state index in [1.807, 2.05) is 59.4 Å². The van der Waals surface area contributed by atoms with E-state index in [4.69, 9.17) is 14.2 Å². The van der Waals surface area contributed by atoms with Crippen molar-refractivity contribution in [3.05, 3.63) is 77.3 Å². The van der Waals surface area contributed by atoms with E-state index in [1.165, 1.54) is 30.6 Å². The zero-order valence-electron chi connectivity index (χ0n) is 23.6. The van der Waals surface area contributed by atoms with E-state index in [-0.39, 0.29) is 37.0 Å². The summed E-state index contributed by atoms with van der Waals surface area (Å²) >= 11 is 1.34. The van der Waals surface area contributed by atoms with Crippen molar-refractivity contribution in [2.45, 2.75) is 38.2 Å². The van der Waals surface area contributed by atoms with Crippen molar-refractivity contribution in [1.82, 2.24) is 15.1 Å². The van der Waals surface area contributed by atoms with Gasteiger partial charge < -0.3 is 19.5 Å². The molecule has 1 N–H and O–H groups in total. The number of hydrogen-bond donors (Lipinski definition) is 1. The van der Waals surface area contributed by atoms with Gasteiger partial charge >= 0.3 is 18.0 Å². The molecule has 42 heavy (non-hydrogen) atoms. The second-order valence-electron chi connectivity index (χ2n) is 9.69. The average Bonchev–Trinajstić information content (AvgIpc) is 2.98. The van der Waals surface area contributed by atoms with Crippen LogP contribution in [0, 0.1) is 0 Å². The van der Waals surface area contributed by atoms with Crippen LogP contribution in [0.25, 0.3) is 0 Å². The number of β-lactam (4-membered cyclic amide) rings is 1. The lowest BCUT2D eigenvalue weighted by Crippen LogP contribution is -2.70. The van der Waals surface area contributed by atoms with Gasteiger partial charge in [0, 0.05) is 43.0 Å². The molecule has 1 aromatic heterocycles. The summed E-state index contributed by atoms with van der Waals surface area (Å²) in [6.07, 6.45) is 3.36. The molecular weight excluding hydrogens is 564 g/mol. The standard InChI is InChI=1S/C29H32N4O8S/c1-4-39-29(38)31(3)18-41-28(37)25-22(16-40-19(2)34)17-42-27-24(26(36)33(25)27)30-23(35)14-20-8-10-21(11-9-20)15-32-12-6-5-7-13-32/h5-13,24,27H,4,14-18H2,1-3H3/p+1. The first kappa shape index (κ1) is 30.6. The third-order valence-corrected chi connectivity index (χ3v) is 7.85. The van der Waals surface area contributed by atoms with Crippen molar-refractivity contribution >= 4 is 41.6 Å². The van der Waals surface area contributed by atoms with Crippen molar-refractivity contribution in [3.8, 4) is 0 Å². The van der Waals surface area contributed by atoms with Crippen LogP contribution in [0.1, 0.15) is 25.0 Å². The summed E-state index contributed by atoms with van der Waals surface area (Å²) in [5, 5.41) is 2.24. The van der Waals surface area contributed by atoms with Gasteiger partial charge in [-0.2, -0.15) is 0 Å². The van der Waals surface area contributed by atoms with Gasteiger partial charge in [0.1, 0.15) is 23.7 Å². The number of rotatable bonds is 11. The van der Waals surface area contributed by atoms with Crippen LogP contribution in [-0.2, 0) is 46.4 Å². The Morgan fingerprint density at radius 3 is 2.40 bits per heavy atom. The number of amides is 3. The minimum absolute atomic E-state index is 0.0559. The Morgan fingerprint density at radius 1 is 1.05 bits per heavy atom.